The molecule has 0 bridgehead atoms. The number of anilines is 1. The van der Waals surface area contributed by atoms with Crippen molar-refractivity contribution in [3.05, 3.63) is 18.2 Å². The zero-order chi connectivity index (χ0) is 16.0. The average molecular weight is 310 g/mol. The summed E-state index contributed by atoms with van der Waals surface area (Å²) >= 11 is 4.94. The van der Waals surface area contributed by atoms with Crippen molar-refractivity contribution >= 4 is 28.8 Å². The second-order valence-electron chi connectivity index (χ2n) is 4.97. The summed E-state index contributed by atoms with van der Waals surface area (Å²) in [6, 6.07) is 5.28. The van der Waals surface area contributed by atoms with Crippen molar-refractivity contribution in [1.29, 1.82) is 0 Å². The Morgan fingerprint density at radius 1 is 1.29 bits per heavy atom. The van der Waals surface area contributed by atoms with Crippen LogP contribution < -0.4 is 20.5 Å². The van der Waals surface area contributed by atoms with Gasteiger partial charge in [-0.05, 0) is 39.8 Å². The molecule has 0 unspecified atom stereocenters. The highest BCUT2D eigenvalue weighted by molar-refractivity contribution is 7.80. The van der Waals surface area contributed by atoms with E-state index in [9.17, 15) is 4.79 Å². The molecule has 0 saturated carbocycles. The van der Waals surface area contributed by atoms with Gasteiger partial charge < -0.3 is 20.5 Å². The highest BCUT2D eigenvalue weighted by Crippen LogP contribution is 2.31. The van der Waals surface area contributed by atoms with E-state index in [4.69, 9.17) is 27.4 Å². The Labute approximate surface area is 130 Å². The fourth-order valence-corrected chi connectivity index (χ4v) is 1.63. The van der Waals surface area contributed by atoms with Crippen LogP contribution in [0.1, 0.15) is 27.7 Å². The summed E-state index contributed by atoms with van der Waals surface area (Å²) in [7, 11) is 0. The molecular formula is C15H22N2O3S. The van der Waals surface area contributed by atoms with Crippen LogP contribution in [0.25, 0.3) is 0 Å². The van der Waals surface area contributed by atoms with E-state index in [1.165, 1.54) is 0 Å². The largest absolute Gasteiger partial charge is 0.494 e. The second-order valence-corrected chi connectivity index (χ2v) is 5.41. The third-order valence-corrected chi connectivity index (χ3v) is 3.50. The zero-order valence-corrected chi connectivity index (χ0v) is 13.7. The maximum atomic E-state index is 12.3. The molecule has 1 rings (SSSR count). The first-order valence-electron chi connectivity index (χ1n) is 6.83. The highest BCUT2D eigenvalue weighted by atomic mass is 32.1. The summed E-state index contributed by atoms with van der Waals surface area (Å²) in [6.07, 6.45) is 0. The van der Waals surface area contributed by atoms with Gasteiger partial charge in [0, 0.05) is 6.07 Å². The maximum Gasteiger partial charge on any atom is 0.236 e. The van der Waals surface area contributed by atoms with Crippen LogP contribution in [-0.2, 0) is 4.79 Å². The Morgan fingerprint density at radius 3 is 2.43 bits per heavy atom. The highest BCUT2D eigenvalue weighted by Gasteiger charge is 2.31. The number of carbonyl (C=O) groups is 1. The topological polar surface area (TPSA) is 73.6 Å². The molecule has 0 fully saturated rings. The number of thiocarbonyl (C=S) groups is 1. The maximum absolute atomic E-state index is 12.3. The van der Waals surface area contributed by atoms with Gasteiger partial charge >= 0.3 is 0 Å². The van der Waals surface area contributed by atoms with Gasteiger partial charge in [-0.3, -0.25) is 4.79 Å². The van der Waals surface area contributed by atoms with Gasteiger partial charge in [0.25, 0.3) is 0 Å². The molecule has 0 aliphatic rings. The quantitative estimate of drug-likeness (QED) is 0.758. The minimum Gasteiger partial charge on any atom is -0.494 e. The summed E-state index contributed by atoms with van der Waals surface area (Å²) < 4.78 is 10.9. The normalized spacial score (nSPS) is 10.9. The summed E-state index contributed by atoms with van der Waals surface area (Å²) in [4.78, 5) is 12.5. The number of benzene rings is 1. The van der Waals surface area contributed by atoms with Crippen molar-refractivity contribution in [2.45, 2.75) is 27.7 Å². The fourth-order valence-electron chi connectivity index (χ4n) is 1.54. The van der Waals surface area contributed by atoms with Gasteiger partial charge in [-0.2, -0.15) is 0 Å². The Balaban J connectivity index is 3.06. The average Bonchev–Trinajstić information content (AvgIpc) is 2.41. The van der Waals surface area contributed by atoms with Crippen molar-refractivity contribution in [2.24, 2.45) is 11.1 Å². The molecule has 1 aromatic carbocycles. The van der Waals surface area contributed by atoms with Crippen LogP contribution in [0.3, 0.4) is 0 Å². The molecule has 21 heavy (non-hydrogen) atoms. The Kier molecular flexibility index (Phi) is 5.96. The van der Waals surface area contributed by atoms with Crippen LogP contribution in [0.2, 0.25) is 0 Å². The standard InChI is InChI=1S/C15H22N2O3S/c1-5-19-10-7-8-12(20-6-2)11(9-10)17-14(18)15(3,4)13(16)21/h7-9H,5-6H2,1-4H3,(H2,16,21)(H,17,18). The minimum atomic E-state index is -0.944. The number of rotatable bonds is 7. The number of ether oxygens (including phenoxy) is 2. The Morgan fingerprint density at radius 2 is 1.90 bits per heavy atom. The first-order valence-corrected chi connectivity index (χ1v) is 7.24. The zero-order valence-electron chi connectivity index (χ0n) is 12.9. The lowest BCUT2D eigenvalue weighted by Crippen LogP contribution is -2.41. The first kappa shape index (κ1) is 17.2. The predicted octanol–water partition coefficient (Wildman–Crippen LogP) is 2.73. The predicted molar refractivity (Wildman–Crippen MR) is 88.0 cm³/mol. The molecule has 0 saturated heterocycles. The van der Waals surface area contributed by atoms with Gasteiger partial charge in [-0.15, -0.1) is 0 Å². The number of hydrogen-bond acceptors (Lipinski definition) is 4. The van der Waals surface area contributed by atoms with E-state index in [1.54, 1.807) is 32.0 Å². The molecule has 0 heterocycles. The Hall–Kier alpha value is -1.82. The molecule has 0 aliphatic heterocycles. The van der Waals surface area contributed by atoms with Crippen molar-refractivity contribution < 1.29 is 14.3 Å². The molecule has 5 nitrogen and oxygen atoms in total. The summed E-state index contributed by atoms with van der Waals surface area (Å²) in [5.74, 6) is 0.946. The molecule has 0 atom stereocenters. The van der Waals surface area contributed by atoms with E-state index >= 15 is 0 Å². The SMILES string of the molecule is CCOc1ccc(OCC)c(NC(=O)C(C)(C)C(N)=S)c1. The first-order chi connectivity index (χ1) is 9.82. The van der Waals surface area contributed by atoms with Crippen LogP contribution >= 0.6 is 12.2 Å². The number of amides is 1. The van der Waals surface area contributed by atoms with Gasteiger partial charge in [0.15, 0.2) is 0 Å². The fraction of sp³-hybridized carbons (Fsp3) is 0.467. The van der Waals surface area contributed by atoms with Gasteiger partial charge in [0.2, 0.25) is 5.91 Å². The molecule has 116 valence electrons. The molecule has 1 amide bonds. The molecule has 0 spiro atoms. The van der Waals surface area contributed by atoms with Crippen LogP contribution in [-0.4, -0.2) is 24.1 Å². The van der Waals surface area contributed by atoms with Crippen LogP contribution in [0.15, 0.2) is 18.2 Å². The van der Waals surface area contributed by atoms with E-state index in [1.807, 2.05) is 13.8 Å². The monoisotopic (exact) mass is 310 g/mol. The summed E-state index contributed by atoms with van der Waals surface area (Å²) in [5.41, 5.74) is 5.21. The molecule has 0 aliphatic carbocycles. The molecule has 0 radical (unpaired) electrons. The lowest BCUT2D eigenvalue weighted by Gasteiger charge is -2.23. The second kappa shape index (κ2) is 7.26. The van der Waals surface area contributed by atoms with E-state index in [0.29, 0.717) is 30.4 Å². The minimum absolute atomic E-state index is 0.138. The van der Waals surface area contributed by atoms with Gasteiger partial charge in [0.05, 0.1) is 29.3 Å². The smallest absolute Gasteiger partial charge is 0.236 e. The lowest BCUT2D eigenvalue weighted by molar-refractivity contribution is -0.121. The van der Waals surface area contributed by atoms with Crippen molar-refractivity contribution in [2.75, 3.05) is 18.5 Å². The third-order valence-electron chi connectivity index (χ3n) is 2.99. The number of nitrogens with one attached hydrogen (secondary N) is 1. The summed E-state index contributed by atoms with van der Waals surface area (Å²) in [6.45, 7) is 8.16. The molecule has 0 aromatic heterocycles. The van der Waals surface area contributed by atoms with Crippen LogP contribution in [0.4, 0.5) is 5.69 Å². The van der Waals surface area contributed by atoms with Gasteiger partial charge in [-0.25, -0.2) is 0 Å². The van der Waals surface area contributed by atoms with Crippen LogP contribution in [0, 0.1) is 5.41 Å². The molecular weight excluding hydrogens is 288 g/mol. The number of nitrogens with two attached hydrogens (primary N) is 1. The van der Waals surface area contributed by atoms with E-state index < -0.39 is 5.41 Å². The molecule has 3 N–H and O–H groups in total. The Bertz CT molecular complexity index is 530. The van der Waals surface area contributed by atoms with E-state index in [0.717, 1.165) is 0 Å². The van der Waals surface area contributed by atoms with E-state index in [2.05, 4.69) is 5.32 Å². The third kappa shape index (κ3) is 4.32. The van der Waals surface area contributed by atoms with E-state index in [-0.39, 0.29) is 10.9 Å². The van der Waals surface area contributed by atoms with Crippen molar-refractivity contribution in [3.8, 4) is 11.5 Å². The number of carbonyl (C=O) groups excluding carboxylic acids is 1. The number of hydrogen-bond donors (Lipinski definition) is 2. The summed E-state index contributed by atoms with van der Waals surface area (Å²) in [5, 5.41) is 2.80. The van der Waals surface area contributed by atoms with Crippen molar-refractivity contribution in [3.63, 3.8) is 0 Å². The molecule has 1 aromatic rings. The lowest BCUT2D eigenvalue weighted by atomic mass is 9.92. The molecule has 6 heteroatoms. The van der Waals surface area contributed by atoms with Gasteiger partial charge in [-0.1, -0.05) is 12.2 Å². The van der Waals surface area contributed by atoms with Gasteiger partial charge in [0.1, 0.15) is 11.5 Å². The van der Waals surface area contributed by atoms with Crippen molar-refractivity contribution in [1.82, 2.24) is 0 Å². The van der Waals surface area contributed by atoms with Crippen LogP contribution in [0.5, 0.6) is 11.5 Å².